The van der Waals surface area contributed by atoms with Gasteiger partial charge in [-0.3, -0.25) is 14.6 Å². The van der Waals surface area contributed by atoms with Gasteiger partial charge in [0.2, 0.25) is 11.8 Å². The lowest BCUT2D eigenvalue weighted by Crippen LogP contribution is -2.51. The average Bonchev–Trinajstić information content (AvgIpc) is 2.67. The van der Waals surface area contributed by atoms with Crippen LogP contribution in [0.1, 0.15) is 17.9 Å². The highest BCUT2D eigenvalue weighted by atomic mass is 19.1. The van der Waals surface area contributed by atoms with Crippen LogP contribution in [-0.4, -0.2) is 52.9 Å². The Bertz CT molecular complexity index is 837. The molecule has 3 heterocycles. The molecule has 134 valence electrons. The fraction of sp³-hybridized carbons (Fsp3) is 0.333. The van der Waals surface area contributed by atoms with E-state index < -0.39 is 11.7 Å². The van der Waals surface area contributed by atoms with Crippen LogP contribution in [0, 0.1) is 5.82 Å². The summed E-state index contributed by atoms with van der Waals surface area (Å²) < 4.78 is 13.4. The van der Waals surface area contributed by atoms with Crippen LogP contribution in [0.2, 0.25) is 0 Å². The van der Waals surface area contributed by atoms with Gasteiger partial charge in [0.05, 0.1) is 12.1 Å². The minimum Gasteiger partial charge on any atom is -0.352 e. The molecule has 0 saturated carbocycles. The quantitative estimate of drug-likeness (QED) is 0.881. The van der Waals surface area contributed by atoms with Crippen molar-refractivity contribution in [3.05, 3.63) is 48.2 Å². The van der Waals surface area contributed by atoms with Gasteiger partial charge < -0.3 is 15.1 Å². The lowest BCUT2D eigenvalue weighted by molar-refractivity contribution is -0.135. The first-order valence-corrected chi connectivity index (χ1v) is 8.51. The number of carbonyl (C=O) groups is 2. The topological polar surface area (TPSA) is 78.4 Å². The lowest BCUT2D eigenvalue weighted by atomic mass is 9.89. The highest BCUT2D eigenvalue weighted by molar-refractivity contribution is 6.01. The molecule has 0 aliphatic carbocycles. The number of nitrogens with zero attached hydrogens (tertiary/aromatic N) is 4. The van der Waals surface area contributed by atoms with Gasteiger partial charge in [-0.05, 0) is 17.7 Å². The van der Waals surface area contributed by atoms with Crippen LogP contribution in [0.4, 0.5) is 15.9 Å². The number of nitrogens with one attached hydrogen (secondary N) is 1. The summed E-state index contributed by atoms with van der Waals surface area (Å²) in [6.07, 6.45) is 5.05. The van der Waals surface area contributed by atoms with Gasteiger partial charge in [0.25, 0.3) is 0 Å². The van der Waals surface area contributed by atoms with Crippen LogP contribution in [0.15, 0.2) is 36.8 Å². The summed E-state index contributed by atoms with van der Waals surface area (Å²) in [5, 5.41) is 2.64. The molecule has 1 aromatic heterocycles. The van der Waals surface area contributed by atoms with E-state index >= 15 is 0 Å². The lowest BCUT2D eigenvalue weighted by Gasteiger charge is -2.37. The molecule has 0 spiro atoms. The van der Waals surface area contributed by atoms with E-state index in [1.54, 1.807) is 29.6 Å². The predicted molar refractivity (Wildman–Crippen MR) is 93.2 cm³/mol. The van der Waals surface area contributed by atoms with Gasteiger partial charge in [0.1, 0.15) is 11.6 Å². The number of carbonyl (C=O) groups excluding carboxylic acids is 2. The number of hydrogen-bond acceptors (Lipinski definition) is 5. The molecule has 2 aromatic rings. The van der Waals surface area contributed by atoms with E-state index in [9.17, 15) is 14.0 Å². The van der Waals surface area contributed by atoms with Crippen molar-refractivity contribution in [1.29, 1.82) is 0 Å². The molecule has 1 fully saturated rings. The zero-order valence-electron chi connectivity index (χ0n) is 14.1. The summed E-state index contributed by atoms with van der Waals surface area (Å²) in [7, 11) is 0. The molecule has 2 aliphatic rings. The molecule has 1 saturated heterocycles. The molecule has 4 rings (SSSR count). The third-order valence-electron chi connectivity index (χ3n) is 4.82. The molecule has 0 bridgehead atoms. The summed E-state index contributed by atoms with van der Waals surface area (Å²) in [5.41, 5.74) is 1.06. The van der Waals surface area contributed by atoms with Crippen molar-refractivity contribution in [2.75, 3.05) is 36.4 Å². The van der Waals surface area contributed by atoms with Gasteiger partial charge in [0, 0.05) is 50.7 Å². The standard InChI is InChI=1S/C18H18FN5O2/c19-12-1-2-13-14(10-17(25)22-15(13)9-12)18(26)24-7-5-23(6-8-24)16-11-20-3-4-21-16/h1-4,9,11,14H,5-8,10H2,(H,22,25). The van der Waals surface area contributed by atoms with Gasteiger partial charge in [-0.2, -0.15) is 0 Å². The number of hydrogen-bond donors (Lipinski definition) is 1. The third-order valence-corrected chi connectivity index (χ3v) is 4.82. The molecule has 1 aromatic carbocycles. The molecule has 8 heteroatoms. The molecular weight excluding hydrogens is 337 g/mol. The van der Waals surface area contributed by atoms with E-state index in [4.69, 9.17) is 0 Å². The summed E-state index contributed by atoms with van der Waals surface area (Å²) in [6, 6.07) is 4.17. The van der Waals surface area contributed by atoms with Gasteiger partial charge in [-0.15, -0.1) is 0 Å². The molecule has 26 heavy (non-hydrogen) atoms. The number of anilines is 2. The Kier molecular flexibility index (Phi) is 4.24. The van der Waals surface area contributed by atoms with E-state index in [0.717, 1.165) is 5.82 Å². The van der Waals surface area contributed by atoms with Crippen molar-refractivity contribution >= 4 is 23.3 Å². The molecule has 1 N–H and O–H groups in total. The molecule has 2 aliphatic heterocycles. The van der Waals surface area contributed by atoms with Crippen LogP contribution in [-0.2, 0) is 9.59 Å². The number of benzene rings is 1. The molecule has 7 nitrogen and oxygen atoms in total. The summed E-state index contributed by atoms with van der Waals surface area (Å²) in [4.78, 5) is 37.1. The summed E-state index contributed by atoms with van der Waals surface area (Å²) >= 11 is 0. The highest BCUT2D eigenvalue weighted by Crippen LogP contribution is 2.34. The summed E-state index contributed by atoms with van der Waals surface area (Å²) in [6.45, 7) is 2.40. The van der Waals surface area contributed by atoms with Crippen LogP contribution in [0.3, 0.4) is 0 Å². The SMILES string of the molecule is O=C1CC(C(=O)N2CCN(c3cnccn3)CC2)c2ccc(F)cc2N1. The fourth-order valence-electron chi connectivity index (χ4n) is 3.49. The normalized spacial score (nSPS) is 19.7. The maximum absolute atomic E-state index is 13.4. The van der Waals surface area contributed by atoms with Gasteiger partial charge in [-0.1, -0.05) is 6.07 Å². The first kappa shape index (κ1) is 16.4. The van der Waals surface area contributed by atoms with Crippen molar-refractivity contribution in [2.45, 2.75) is 12.3 Å². The Labute approximate surface area is 149 Å². The number of halogens is 1. The largest absolute Gasteiger partial charge is 0.352 e. The Hall–Kier alpha value is -3.03. The van der Waals surface area contributed by atoms with E-state index in [2.05, 4.69) is 20.2 Å². The van der Waals surface area contributed by atoms with E-state index in [1.165, 1.54) is 12.1 Å². The highest BCUT2D eigenvalue weighted by Gasteiger charge is 2.34. The Morgan fingerprint density at radius 3 is 2.73 bits per heavy atom. The minimum absolute atomic E-state index is 0.0852. The maximum Gasteiger partial charge on any atom is 0.230 e. The summed E-state index contributed by atoms with van der Waals surface area (Å²) in [5.74, 6) is -0.569. The van der Waals surface area contributed by atoms with Gasteiger partial charge >= 0.3 is 0 Å². The second-order valence-corrected chi connectivity index (χ2v) is 6.41. The zero-order chi connectivity index (χ0) is 18.1. The zero-order valence-corrected chi connectivity index (χ0v) is 14.1. The first-order valence-electron chi connectivity index (χ1n) is 8.51. The van der Waals surface area contributed by atoms with Crippen molar-refractivity contribution in [2.24, 2.45) is 0 Å². The van der Waals surface area contributed by atoms with Crippen molar-refractivity contribution in [1.82, 2.24) is 14.9 Å². The molecule has 1 atom stereocenters. The van der Waals surface area contributed by atoms with Crippen molar-refractivity contribution in [3.8, 4) is 0 Å². The van der Waals surface area contributed by atoms with Crippen molar-refractivity contribution in [3.63, 3.8) is 0 Å². The smallest absolute Gasteiger partial charge is 0.230 e. The Morgan fingerprint density at radius 2 is 2.00 bits per heavy atom. The van der Waals surface area contributed by atoms with Crippen LogP contribution >= 0.6 is 0 Å². The van der Waals surface area contributed by atoms with Crippen LogP contribution in [0.5, 0.6) is 0 Å². The maximum atomic E-state index is 13.4. The van der Waals surface area contributed by atoms with E-state index in [0.29, 0.717) is 37.4 Å². The number of fused-ring (bicyclic) bond motifs is 1. The van der Waals surface area contributed by atoms with E-state index in [-0.39, 0.29) is 18.2 Å². The molecule has 1 unspecified atom stereocenters. The van der Waals surface area contributed by atoms with Gasteiger partial charge in [0.15, 0.2) is 0 Å². The molecule has 0 radical (unpaired) electrons. The number of amides is 2. The average molecular weight is 355 g/mol. The molecular formula is C18H18FN5O2. The number of piperazine rings is 1. The van der Waals surface area contributed by atoms with Crippen molar-refractivity contribution < 1.29 is 14.0 Å². The minimum atomic E-state index is -0.567. The van der Waals surface area contributed by atoms with Crippen LogP contribution in [0.25, 0.3) is 0 Å². The monoisotopic (exact) mass is 355 g/mol. The Balaban J connectivity index is 1.48. The second kappa shape index (κ2) is 6.70. The van der Waals surface area contributed by atoms with E-state index in [1.807, 2.05) is 0 Å². The molecule has 2 amide bonds. The number of aromatic nitrogens is 2. The van der Waals surface area contributed by atoms with Crippen LogP contribution < -0.4 is 10.2 Å². The second-order valence-electron chi connectivity index (χ2n) is 6.41. The third kappa shape index (κ3) is 3.10. The fourth-order valence-corrected chi connectivity index (χ4v) is 3.49. The van der Waals surface area contributed by atoms with Gasteiger partial charge in [-0.25, -0.2) is 9.37 Å². The first-order chi connectivity index (χ1) is 12.6. The predicted octanol–water partition coefficient (Wildman–Crippen LogP) is 1.39. The number of rotatable bonds is 2. The Morgan fingerprint density at radius 1 is 1.19 bits per heavy atom.